The molecular weight excluding hydrogens is 270 g/mol. The van der Waals surface area contributed by atoms with Crippen molar-refractivity contribution < 1.29 is 19.4 Å². The fourth-order valence-corrected chi connectivity index (χ4v) is 2.24. The van der Waals surface area contributed by atoms with Crippen LogP contribution in [0.3, 0.4) is 0 Å². The number of carbonyl (C=O) groups excluding carboxylic acids is 1. The Bertz CT molecular complexity index is 553. The predicted octanol–water partition coefficient (Wildman–Crippen LogP) is 1.91. The van der Waals surface area contributed by atoms with E-state index >= 15 is 0 Å². The van der Waals surface area contributed by atoms with Crippen LogP contribution in [0.2, 0.25) is 0 Å². The van der Waals surface area contributed by atoms with Gasteiger partial charge in [-0.25, -0.2) is 0 Å². The van der Waals surface area contributed by atoms with Crippen molar-refractivity contribution in [3.63, 3.8) is 0 Å². The van der Waals surface area contributed by atoms with Gasteiger partial charge >= 0.3 is 5.97 Å². The van der Waals surface area contributed by atoms with E-state index in [9.17, 15) is 9.59 Å². The van der Waals surface area contributed by atoms with Gasteiger partial charge < -0.3 is 15.2 Å². The van der Waals surface area contributed by atoms with Crippen molar-refractivity contribution in [2.45, 2.75) is 25.8 Å². The number of benzene rings is 1. The average Bonchev–Trinajstić information content (AvgIpc) is 2.89. The van der Waals surface area contributed by atoms with E-state index in [1.54, 1.807) is 12.2 Å². The maximum atomic E-state index is 11.8. The number of para-hydroxylation sites is 1. The first-order valence-corrected chi connectivity index (χ1v) is 6.95. The monoisotopic (exact) mass is 289 g/mol. The van der Waals surface area contributed by atoms with Gasteiger partial charge in [0.25, 0.3) is 0 Å². The van der Waals surface area contributed by atoms with Crippen molar-refractivity contribution in [2.75, 3.05) is 6.61 Å². The summed E-state index contributed by atoms with van der Waals surface area (Å²) >= 11 is 0. The van der Waals surface area contributed by atoms with Crippen molar-refractivity contribution in [3.05, 3.63) is 42.0 Å². The molecule has 0 saturated heterocycles. The van der Waals surface area contributed by atoms with Gasteiger partial charge in [0.05, 0.1) is 18.9 Å². The molecule has 1 aromatic carbocycles. The minimum absolute atomic E-state index is 0.135. The van der Waals surface area contributed by atoms with Gasteiger partial charge in [-0.1, -0.05) is 30.4 Å². The topological polar surface area (TPSA) is 75.6 Å². The first-order chi connectivity index (χ1) is 10.1. The van der Waals surface area contributed by atoms with E-state index in [1.165, 1.54) is 0 Å². The Morgan fingerprint density at radius 3 is 2.76 bits per heavy atom. The highest BCUT2D eigenvalue weighted by atomic mass is 16.5. The van der Waals surface area contributed by atoms with Crippen LogP contribution < -0.4 is 10.1 Å². The molecule has 2 rings (SSSR count). The fourth-order valence-electron chi connectivity index (χ4n) is 2.24. The molecule has 5 heteroatoms. The Kier molecular flexibility index (Phi) is 4.98. The molecule has 5 nitrogen and oxygen atoms in total. The number of ether oxygens (including phenoxy) is 1. The molecule has 112 valence electrons. The second-order valence-electron chi connectivity index (χ2n) is 5.10. The highest BCUT2D eigenvalue weighted by Crippen LogP contribution is 2.18. The summed E-state index contributed by atoms with van der Waals surface area (Å²) in [7, 11) is 0. The molecular formula is C16H19NO4. The van der Waals surface area contributed by atoms with E-state index in [1.807, 2.05) is 31.2 Å². The van der Waals surface area contributed by atoms with Gasteiger partial charge in [0, 0.05) is 6.04 Å². The third-order valence-electron chi connectivity index (χ3n) is 3.43. The van der Waals surface area contributed by atoms with Crippen LogP contribution in [-0.2, 0) is 9.59 Å². The number of hydrogen-bond acceptors (Lipinski definition) is 3. The summed E-state index contributed by atoms with van der Waals surface area (Å²) in [6, 6.07) is 7.43. The lowest BCUT2D eigenvalue weighted by atomic mass is 10.1. The number of carboxylic acid groups (broad SMARTS) is 1. The molecule has 0 saturated carbocycles. The average molecular weight is 289 g/mol. The van der Waals surface area contributed by atoms with Crippen LogP contribution >= 0.6 is 0 Å². The van der Waals surface area contributed by atoms with Gasteiger partial charge in [-0.05, 0) is 25.0 Å². The summed E-state index contributed by atoms with van der Waals surface area (Å²) < 4.78 is 5.56. The maximum Gasteiger partial charge on any atom is 0.310 e. The third-order valence-corrected chi connectivity index (χ3v) is 3.43. The van der Waals surface area contributed by atoms with Crippen molar-refractivity contribution in [2.24, 2.45) is 5.92 Å². The number of aliphatic carboxylic acids is 1. The summed E-state index contributed by atoms with van der Waals surface area (Å²) in [5, 5.41) is 11.7. The zero-order valence-corrected chi connectivity index (χ0v) is 11.9. The van der Waals surface area contributed by atoms with Gasteiger partial charge in [0.15, 0.2) is 0 Å². The van der Waals surface area contributed by atoms with Gasteiger partial charge in [-0.3, -0.25) is 9.59 Å². The largest absolute Gasteiger partial charge is 0.493 e. The van der Waals surface area contributed by atoms with Crippen molar-refractivity contribution >= 4 is 11.9 Å². The molecule has 1 amide bonds. The van der Waals surface area contributed by atoms with Gasteiger partial charge in [0.1, 0.15) is 5.75 Å². The zero-order chi connectivity index (χ0) is 15.2. The smallest absolute Gasteiger partial charge is 0.310 e. The first-order valence-electron chi connectivity index (χ1n) is 6.95. The number of aryl methyl sites for hydroxylation is 1. The first kappa shape index (κ1) is 15.1. The van der Waals surface area contributed by atoms with Crippen LogP contribution in [0, 0.1) is 12.8 Å². The number of nitrogens with one attached hydrogen (secondary N) is 1. The summed E-state index contributed by atoms with van der Waals surface area (Å²) in [6.07, 6.45) is 4.02. The molecule has 0 fully saturated rings. The van der Waals surface area contributed by atoms with Gasteiger partial charge in [-0.2, -0.15) is 0 Å². The zero-order valence-electron chi connectivity index (χ0n) is 11.9. The molecule has 0 spiro atoms. The second kappa shape index (κ2) is 6.92. The van der Waals surface area contributed by atoms with Gasteiger partial charge in [-0.15, -0.1) is 0 Å². The van der Waals surface area contributed by atoms with E-state index in [-0.39, 0.29) is 18.4 Å². The normalized spacial score (nSPS) is 20.2. The van der Waals surface area contributed by atoms with Crippen molar-refractivity contribution in [1.29, 1.82) is 0 Å². The van der Waals surface area contributed by atoms with E-state index in [0.717, 1.165) is 11.3 Å². The van der Waals surface area contributed by atoms with Crippen LogP contribution in [0.4, 0.5) is 0 Å². The number of rotatable bonds is 6. The minimum Gasteiger partial charge on any atom is -0.493 e. The molecule has 1 aliphatic rings. The highest BCUT2D eigenvalue weighted by molar-refractivity contribution is 5.77. The van der Waals surface area contributed by atoms with Crippen molar-refractivity contribution in [1.82, 2.24) is 5.32 Å². The van der Waals surface area contributed by atoms with Crippen LogP contribution in [0.25, 0.3) is 0 Å². The summed E-state index contributed by atoms with van der Waals surface area (Å²) in [6.45, 7) is 2.25. The molecule has 1 aromatic rings. The molecule has 0 bridgehead atoms. The van der Waals surface area contributed by atoms with E-state index < -0.39 is 11.9 Å². The quantitative estimate of drug-likeness (QED) is 0.784. The maximum absolute atomic E-state index is 11.8. The van der Waals surface area contributed by atoms with Gasteiger partial charge in [0.2, 0.25) is 5.91 Å². The number of carbonyl (C=O) groups is 2. The third kappa shape index (κ3) is 4.34. The molecule has 0 aliphatic heterocycles. The predicted molar refractivity (Wildman–Crippen MR) is 78.1 cm³/mol. The molecule has 2 N–H and O–H groups in total. The lowest BCUT2D eigenvalue weighted by molar-refractivity contribution is -0.140. The van der Waals surface area contributed by atoms with Crippen LogP contribution in [0.15, 0.2) is 36.4 Å². The fraction of sp³-hybridized carbons (Fsp3) is 0.375. The Hall–Kier alpha value is -2.30. The highest BCUT2D eigenvalue weighted by Gasteiger charge is 2.25. The Labute approximate surface area is 123 Å². The van der Waals surface area contributed by atoms with Crippen LogP contribution in [0.1, 0.15) is 18.4 Å². The molecule has 0 radical (unpaired) electrons. The summed E-state index contributed by atoms with van der Waals surface area (Å²) in [5.74, 6) is -0.717. The number of carboxylic acids is 1. The molecule has 1 aliphatic carbocycles. The molecule has 2 atom stereocenters. The van der Waals surface area contributed by atoms with Crippen LogP contribution in [-0.4, -0.2) is 29.6 Å². The summed E-state index contributed by atoms with van der Waals surface area (Å²) in [4.78, 5) is 22.6. The standard InChI is InChI=1S/C16H19NO4/c1-11-4-2-3-5-14(11)21-9-8-15(18)17-13-7-6-12(10-13)16(19)20/h2-7,12-13H,8-10H2,1H3,(H,17,18)(H,19,20). The SMILES string of the molecule is Cc1ccccc1OCCC(=O)NC1C=CC(C(=O)O)C1. The Morgan fingerprint density at radius 1 is 1.33 bits per heavy atom. The van der Waals surface area contributed by atoms with E-state index in [0.29, 0.717) is 13.0 Å². The number of hydrogen-bond donors (Lipinski definition) is 2. The molecule has 0 aromatic heterocycles. The Morgan fingerprint density at radius 2 is 2.10 bits per heavy atom. The summed E-state index contributed by atoms with van der Waals surface area (Å²) in [5.41, 5.74) is 1.03. The van der Waals surface area contributed by atoms with Crippen LogP contribution in [0.5, 0.6) is 5.75 Å². The van der Waals surface area contributed by atoms with E-state index in [2.05, 4.69) is 5.32 Å². The lowest BCUT2D eigenvalue weighted by Gasteiger charge is -2.13. The van der Waals surface area contributed by atoms with E-state index in [4.69, 9.17) is 9.84 Å². The molecule has 21 heavy (non-hydrogen) atoms. The minimum atomic E-state index is -0.856. The second-order valence-corrected chi connectivity index (χ2v) is 5.10. The molecule has 0 heterocycles. The Balaban J connectivity index is 1.70. The number of amides is 1. The lowest BCUT2D eigenvalue weighted by Crippen LogP contribution is -2.34. The molecule has 2 unspecified atom stereocenters. The van der Waals surface area contributed by atoms with Crippen molar-refractivity contribution in [3.8, 4) is 5.75 Å².